The molecule has 1 heterocycles. The third kappa shape index (κ3) is 1.74. The molecule has 0 spiro atoms. The fraction of sp³-hybridized carbons (Fsp3) is 0.167. The van der Waals surface area contributed by atoms with E-state index >= 15 is 0 Å². The summed E-state index contributed by atoms with van der Waals surface area (Å²) in [7, 11) is 0. The molecule has 0 bridgehead atoms. The van der Waals surface area contributed by atoms with Crippen molar-refractivity contribution in [3.05, 3.63) is 57.2 Å². The van der Waals surface area contributed by atoms with Crippen LogP contribution in [0.3, 0.4) is 0 Å². The van der Waals surface area contributed by atoms with Gasteiger partial charge in [-0.25, -0.2) is 0 Å². The van der Waals surface area contributed by atoms with Gasteiger partial charge in [0.15, 0.2) is 5.78 Å². The lowest BCUT2D eigenvalue weighted by atomic mass is 9.71. The first kappa shape index (κ1) is 14.3. The van der Waals surface area contributed by atoms with Gasteiger partial charge in [-0.2, -0.15) is 0 Å². The summed E-state index contributed by atoms with van der Waals surface area (Å²) < 4.78 is 0.764. The van der Waals surface area contributed by atoms with Gasteiger partial charge in [-0.1, -0.05) is 13.8 Å². The van der Waals surface area contributed by atoms with Gasteiger partial charge < -0.3 is 15.8 Å². The molecule has 0 fully saturated rings. The predicted octanol–water partition coefficient (Wildman–Crippen LogP) is 4.09. The number of nitrogens with two attached hydrogens (primary N) is 1. The van der Waals surface area contributed by atoms with Crippen molar-refractivity contribution >= 4 is 38.3 Å². The Kier molecular flexibility index (Phi) is 2.73. The molecule has 2 aromatic carbocycles. The maximum absolute atomic E-state index is 13.0. The van der Waals surface area contributed by atoms with Crippen LogP contribution in [0.1, 0.15) is 41.0 Å². The standard InChI is InChI=1S/C18H15BrN2O2/c1-18(2)11-7-8(22)3-4-9(11)16(23)13-10-5-6-12(20)14(19)15(10)21-17(13)18/h3-7,21-22H,20H2,1-2H3. The van der Waals surface area contributed by atoms with Crippen molar-refractivity contribution in [3.63, 3.8) is 0 Å². The number of phenolic OH excluding ortho intramolecular Hbond substituents is 1. The van der Waals surface area contributed by atoms with Crippen molar-refractivity contribution in [1.29, 1.82) is 0 Å². The summed E-state index contributed by atoms with van der Waals surface area (Å²) >= 11 is 3.50. The fourth-order valence-corrected chi connectivity index (χ4v) is 3.91. The second kappa shape index (κ2) is 4.38. The summed E-state index contributed by atoms with van der Waals surface area (Å²) in [6, 6.07) is 8.60. The van der Waals surface area contributed by atoms with E-state index in [9.17, 15) is 9.90 Å². The summed E-state index contributed by atoms with van der Waals surface area (Å²) in [5.74, 6) is 0.131. The van der Waals surface area contributed by atoms with E-state index in [-0.39, 0.29) is 11.5 Å². The van der Waals surface area contributed by atoms with E-state index in [0.717, 1.165) is 26.6 Å². The van der Waals surface area contributed by atoms with Crippen LogP contribution in [-0.4, -0.2) is 15.9 Å². The van der Waals surface area contributed by atoms with Crippen molar-refractivity contribution in [2.75, 3.05) is 5.73 Å². The first-order valence-corrected chi connectivity index (χ1v) is 8.10. The van der Waals surface area contributed by atoms with Crippen LogP contribution in [0.5, 0.6) is 5.75 Å². The highest BCUT2D eigenvalue weighted by atomic mass is 79.9. The average Bonchev–Trinajstić information content (AvgIpc) is 2.90. The number of halogens is 1. The third-order valence-corrected chi connectivity index (χ3v) is 5.57. The molecule has 23 heavy (non-hydrogen) atoms. The van der Waals surface area contributed by atoms with E-state index in [1.54, 1.807) is 24.3 Å². The molecular weight excluding hydrogens is 356 g/mol. The number of nitrogen functional groups attached to an aromatic ring is 1. The minimum Gasteiger partial charge on any atom is -0.508 e. The number of hydrogen-bond donors (Lipinski definition) is 3. The highest BCUT2D eigenvalue weighted by Crippen LogP contribution is 2.46. The normalized spacial score (nSPS) is 15.5. The fourth-order valence-electron chi connectivity index (χ4n) is 3.47. The summed E-state index contributed by atoms with van der Waals surface area (Å²) in [5.41, 5.74) is 9.98. The monoisotopic (exact) mass is 370 g/mol. The molecule has 0 atom stereocenters. The lowest BCUT2D eigenvalue weighted by Crippen LogP contribution is -2.30. The number of ketones is 1. The van der Waals surface area contributed by atoms with Crippen LogP contribution >= 0.6 is 15.9 Å². The second-order valence-corrected chi connectivity index (χ2v) is 7.24. The summed E-state index contributed by atoms with van der Waals surface area (Å²) in [5, 5.41) is 10.7. The van der Waals surface area contributed by atoms with E-state index in [2.05, 4.69) is 20.9 Å². The van der Waals surface area contributed by atoms with Crippen LogP contribution in [0.4, 0.5) is 5.69 Å². The molecule has 116 valence electrons. The van der Waals surface area contributed by atoms with Gasteiger partial charge >= 0.3 is 0 Å². The Labute approximate surface area is 141 Å². The van der Waals surface area contributed by atoms with Gasteiger partial charge in [0.2, 0.25) is 0 Å². The van der Waals surface area contributed by atoms with Gasteiger partial charge in [-0.15, -0.1) is 0 Å². The predicted molar refractivity (Wildman–Crippen MR) is 94.1 cm³/mol. The molecule has 1 aromatic heterocycles. The van der Waals surface area contributed by atoms with E-state index < -0.39 is 5.41 Å². The molecule has 1 aliphatic carbocycles. The van der Waals surface area contributed by atoms with Crippen molar-refractivity contribution in [2.45, 2.75) is 19.3 Å². The van der Waals surface area contributed by atoms with Crippen molar-refractivity contribution in [1.82, 2.24) is 4.98 Å². The quantitative estimate of drug-likeness (QED) is 0.521. The highest BCUT2D eigenvalue weighted by Gasteiger charge is 2.40. The molecule has 0 saturated heterocycles. The first-order chi connectivity index (χ1) is 10.8. The zero-order valence-electron chi connectivity index (χ0n) is 12.7. The minimum atomic E-state index is -0.426. The van der Waals surface area contributed by atoms with Gasteiger partial charge in [-0.05, 0) is 51.8 Å². The molecule has 4 N–H and O–H groups in total. The van der Waals surface area contributed by atoms with Crippen LogP contribution in [0.15, 0.2) is 34.8 Å². The number of carbonyl (C=O) groups excluding carboxylic acids is 1. The lowest BCUT2D eigenvalue weighted by molar-refractivity contribution is 0.103. The van der Waals surface area contributed by atoms with Crippen LogP contribution in [0.2, 0.25) is 0 Å². The molecule has 1 aliphatic rings. The number of aromatic hydroxyl groups is 1. The molecule has 4 nitrogen and oxygen atoms in total. The molecule has 3 aromatic rings. The van der Waals surface area contributed by atoms with Crippen LogP contribution in [0, 0.1) is 0 Å². The van der Waals surface area contributed by atoms with Crippen molar-refractivity contribution < 1.29 is 9.90 Å². The first-order valence-electron chi connectivity index (χ1n) is 7.30. The number of nitrogens with one attached hydrogen (secondary N) is 1. The van der Waals surface area contributed by atoms with Crippen LogP contribution in [0.25, 0.3) is 10.9 Å². The van der Waals surface area contributed by atoms with E-state index in [4.69, 9.17) is 5.73 Å². The van der Waals surface area contributed by atoms with E-state index in [0.29, 0.717) is 16.8 Å². The summed E-state index contributed by atoms with van der Waals surface area (Å²) in [6.07, 6.45) is 0. The molecule has 4 rings (SSSR count). The maximum Gasteiger partial charge on any atom is 0.195 e. The Morgan fingerprint density at radius 2 is 1.96 bits per heavy atom. The van der Waals surface area contributed by atoms with Gasteiger partial charge in [-0.3, -0.25) is 4.79 Å². The van der Waals surface area contributed by atoms with Crippen molar-refractivity contribution in [3.8, 4) is 5.75 Å². The number of fused-ring (bicyclic) bond motifs is 4. The number of phenols is 1. The molecule has 0 saturated carbocycles. The summed E-state index contributed by atoms with van der Waals surface area (Å²) in [6.45, 7) is 4.09. The summed E-state index contributed by atoms with van der Waals surface area (Å²) in [4.78, 5) is 16.4. The number of aromatic nitrogens is 1. The number of carbonyl (C=O) groups is 1. The SMILES string of the molecule is CC1(C)c2cc(O)ccc2C(=O)c2c1[nH]c1c(Br)c(N)ccc21. The third-order valence-electron chi connectivity index (χ3n) is 4.71. The Bertz CT molecular complexity index is 1000. The number of rotatable bonds is 0. The number of anilines is 1. The minimum absolute atomic E-state index is 0.0303. The number of aromatic amines is 1. The van der Waals surface area contributed by atoms with Crippen LogP contribution < -0.4 is 5.73 Å². The van der Waals surface area contributed by atoms with Crippen molar-refractivity contribution in [2.24, 2.45) is 0 Å². The molecular formula is C18H15BrN2O2. The number of hydrogen-bond acceptors (Lipinski definition) is 3. The van der Waals surface area contributed by atoms with Gasteiger partial charge in [0.25, 0.3) is 0 Å². The van der Waals surface area contributed by atoms with E-state index in [1.807, 2.05) is 19.9 Å². The van der Waals surface area contributed by atoms with Crippen LogP contribution in [-0.2, 0) is 5.41 Å². The second-order valence-electron chi connectivity index (χ2n) is 6.45. The highest BCUT2D eigenvalue weighted by molar-refractivity contribution is 9.10. The molecule has 0 radical (unpaired) electrons. The van der Waals surface area contributed by atoms with Gasteiger partial charge in [0.1, 0.15) is 5.75 Å². The lowest BCUT2D eigenvalue weighted by Gasteiger charge is -2.32. The van der Waals surface area contributed by atoms with E-state index in [1.165, 1.54) is 0 Å². The van der Waals surface area contributed by atoms with Gasteiger partial charge in [0, 0.05) is 27.7 Å². The molecule has 0 unspecified atom stereocenters. The Hall–Kier alpha value is -2.27. The Morgan fingerprint density at radius 1 is 1.22 bits per heavy atom. The molecule has 0 amide bonds. The Balaban J connectivity index is 2.14. The molecule has 5 heteroatoms. The topological polar surface area (TPSA) is 79.1 Å². The largest absolute Gasteiger partial charge is 0.508 e. The van der Waals surface area contributed by atoms with Gasteiger partial charge in [0.05, 0.1) is 15.6 Å². The Morgan fingerprint density at radius 3 is 2.70 bits per heavy atom. The average molecular weight is 371 g/mol. The maximum atomic E-state index is 13.0. The number of H-pyrrole nitrogens is 1. The smallest absolute Gasteiger partial charge is 0.195 e. The molecule has 0 aliphatic heterocycles. The zero-order valence-corrected chi connectivity index (χ0v) is 14.3. The number of benzene rings is 2. The zero-order chi connectivity index (χ0) is 16.5.